The number of hydrogen-bond acceptors (Lipinski definition) is 4. The third-order valence-corrected chi connectivity index (χ3v) is 3.33. The Balaban J connectivity index is 2.22. The van der Waals surface area contributed by atoms with Gasteiger partial charge in [-0.15, -0.1) is 0 Å². The number of aromatic nitrogens is 1. The molecule has 0 radical (unpaired) electrons. The lowest BCUT2D eigenvalue weighted by Crippen LogP contribution is -2.22. The minimum absolute atomic E-state index is 0.171. The van der Waals surface area contributed by atoms with Gasteiger partial charge in [-0.2, -0.15) is 0 Å². The molecule has 20 heavy (non-hydrogen) atoms. The number of phenolic OH excluding ortho intramolecular Hbond substituents is 1. The molecular weight excluding hydrogens is 250 g/mol. The Morgan fingerprint density at radius 2 is 2.10 bits per heavy atom. The van der Waals surface area contributed by atoms with Crippen LogP contribution in [-0.2, 0) is 6.54 Å². The number of nitrogens with two attached hydrogens (primary N) is 1. The fourth-order valence-corrected chi connectivity index (χ4v) is 2.19. The van der Waals surface area contributed by atoms with Crippen molar-refractivity contribution in [2.45, 2.75) is 26.4 Å². The molecule has 1 atom stereocenters. The van der Waals surface area contributed by atoms with E-state index in [1.807, 2.05) is 37.3 Å². The topological polar surface area (TPSA) is 62.4 Å². The molecule has 0 spiro atoms. The van der Waals surface area contributed by atoms with Gasteiger partial charge in [-0.05, 0) is 32.0 Å². The lowest BCUT2D eigenvalue weighted by molar-refractivity contribution is 0.463. The summed E-state index contributed by atoms with van der Waals surface area (Å²) in [5.41, 5.74) is 8.56. The molecule has 0 aliphatic heterocycles. The summed E-state index contributed by atoms with van der Waals surface area (Å²) in [6.07, 6.45) is 1.79. The second kappa shape index (κ2) is 6.39. The molecule has 0 amide bonds. The Bertz CT molecular complexity index is 555. The van der Waals surface area contributed by atoms with Crippen molar-refractivity contribution in [1.82, 2.24) is 4.98 Å². The summed E-state index contributed by atoms with van der Waals surface area (Å²) in [6, 6.07) is 11.4. The largest absolute Gasteiger partial charge is 0.508 e. The highest BCUT2D eigenvalue weighted by Gasteiger charge is 2.11. The Morgan fingerprint density at radius 3 is 2.65 bits per heavy atom. The zero-order valence-corrected chi connectivity index (χ0v) is 12.0. The first-order valence-electron chi connectivity index (χ1n) is 6.85. The lowest BCUT2D eigenvalue weighted by Gasteiger charge is -2.23. The molecule has 1 aromatic heterocycles. The van der Waals surface area contributed by atoms with E-state index in [0.29, 0.717) is 6.54 Å². The number of phenols is 1. The van der Waals surface area contributed by atoms with Crippen LogP contribution >= 0.6 is 0 Å². The average Bonchev–Trinajstić information content (AvgIpc) is 2.45. The molecule has 4 heteroatoms. The number of anilines is 1. The van der Waals surface area contributed by atoms with Crippen LogP contribution in [0.2, 0.25) is 0 Å². The molecule has 0 fully saturated rings. The second-order valence-electron chi connectivity index (χ2n) is 4.87. The molecule has 4 nitrogen and oxygen atoms in total. The molecule has 0 aliphatic rings. The van der Waals surface area contributed by atoms with E-state index in [-0.39, 0.29) is 11.8 Å². The number of nitrogens with zero attached hydrogens (tertiary/aromatic N) is 2. The lowest BCUT2D eigenvalue weighted by atomic mass is 10.1. The molecule has 1 aromatic carbocycles. The average molecular weight is 271 g/mol. The van der Waals surface area contributed by atoms with Crippen molar-refractivity contribution < 1.29 is 5.11 Å². The molecule has 0 bridgehead atoms. The van der Waals surface area contributed by atoms with Gasteiger partial charge in [0.05, 0.1) is 12.2 Å². The van der Waals surface area contributed by atoms with E-state index in [4.69, 9.17) is 5.73 Å². The van der Waals surface area contributed by atoms with Gasteiger partial charge in [0.2, 0.25) is 0 Å². The third kappa shape index (κ3) is 3.27. The van der Waals surface area contributed by atoms with Crippen LogP contribution in [0.5, 0.6) is 5.75 Å². The van der Waals surface area contributed by atoms with Crippen molar-refractivity contribution in [1.29, 1.82) is 0 Å². The van der Waals surface area contributed by atoms with Crippen LogP contribution in [0.1, 0.15) is 31.1 Å². The Morgan fingerprint density at radius 1 is 1.30 bits per heavy atom. The summed E-state index contributed by atoms with van der Waals surface area (Å²) in [4.78, 5) is 6.50. The first kappa shape index (κ1) is 14.3. The standard InChI is InChI=1S/C16H21N3O/c1-3-19(11-13-6-4-5-9-18-13)14-7-8-15(12(2)17)16(20)10-14/h4-10,12,20H,3,11,17H2,1-2H3. The van der Waals surface area contributed by atoms with Crippen molar-refractivity contribution in [3.63, 3.8) is 0 Å². The van der Waals surface area contributed by atoms with Crippen molar-refractivity contribution >= 4 is 5.69 Å². The zero-order valence-electron chi connectivity index (χ0n) is 12.0. The van der Waals surface area contributed by atoms with Crippen LogP contribution in [0.3, 0.4) is 0 Å². The fraction of sp³-hybridized carbons (Fsp3) is 0.312. The minimum Gasteiger partial charge on any atom is -0.508 e. The molecule has 2 rings (SSSR count). The first-order valence-corrected chi connectivity index (χ1v) is 6.85. The molecular formula is C16H21N3O. The highest BCUT2D eigenvalue weighted by atomic mass is 16.3. The van der Waals surface area contributed by atoms with E-state index in [1.165, 1.54) is 0 Å². The van der Waals surface area contributed by atoms with Crippen LogP contribution in [0, 0.1) is 0 Å². The molecule has 3 N–H and O–H groups in total. The van der Waals surface area contributed by atoms with E-state index in [0.717, 1.165) is 23.5 Å². The predicted molar refractivity (Wildman–Crippen MR) is 81.7 cm³/mol. The highest BCUT2D eigenvalue weighted by molar-refractivity contribution is 5.54. The summed E-state index contributed by atoms with van der Waals surface area (Å²) in [5, 5.41) is 10.0. The Kier molecular flexibility index (Phi) is 4.58. The fourth-order valence-electron chi connectivity index (χ4n) is 2.19. The minimum atomic E-state index is -0.171. The van der Waals surface area contributed by atoms with Gasteiger partial charge in [-0.3, -0.25) is 4.98 Å². The number of hydrogen-bond donors (Lipinski definition) is 2. The van der Waals surface area contributed by atoms with Gasteiger partial charge in [-0.1, -0.05) is 12.1 Å². The van der Waals surface area contributed by atoms with Crippen LogP contribution in [-0.4, -0.2) is 16.6 Å². The van der Waals surface area contributed by atoms with Gasteiger partial charge in [0.1, 0.15) is 5.75 Å². The van der Waals surface area contributed by atoms with Crippen LogP contribution < -0.4 is 10.6 Å². The number of aromatic hydroxyl groups is 1. The van der Waals surface area contributed by atoms with Crippen LogP contribution in [0.15, 0.2) is 42.6 Å². The van der Waals surface area contributed by atoms with Crippen molar-refractivity contribution in [2.75, 3.05) is 11.4 Å². The maximum Gasteiger partial charge on any atom is 0.122 e. The van der Waals surface area contributed by atoms with Crippen LogP contribution in [0.4, 0.5) is 5.69 Å². The summed E-state index contributed by atoms with van der Waals surface area (Å²) in [6.45, 7) is 5.50. The molecule has 2 aromatic rings. The van der Waals surface area contributed by atoms with Gasteiger partial charge >= 0.3 is 0 Å². The molecule has 0 aliphatic carbocycles. The van der Waals surface area contributed by atoms with Gasteiger partial charge in [0.15, 0.2) is 0 Å². The highest BCUT2D eigenvalue weighted by Crippen LogP contribution is 2.28. The van der Waals surface area contributed by atoms with Crippen molar-refractivity contribution in [3.05, 3.63) is 53.9 Å². The zero-order chi connectivity index (χ0) is 14.5. The smallest absolute Gasteiger partial charge is 0.122 e. The van der Waals surface area contributed by atoms with E-state index >= 15 is 0 Å². The summed E-state index contributed by atoms with van der Waals surface area (Å²) < 4.78 is 0. The van der Waals surface area contributed by atoms with Crippen molar-refractivity contribution in [2.24, 2.45) is 5.73 Å². The van der Waals surface area contributed by atoms with Gasteiger partial charge < -0.3 is 15.7 Å². The molecule has 0 saturated carbocycles. The molecule has 1 heterocycles. The summed E-state index contributed by atoms with van der Waals surface area (Å²) >= 11 is 0. The van der Waals surface area contributed by atoms with Gasteiger partial charge in [0, 0.05) is 36.1 Å². The summed E-state index contributed by atoms with van der Waals surface area (Å²) in [7, 11) is 0. The quantitative estimate of drug-likeness (QED) is 0.877. The monoisotopic (exact) mass is 271 g/mol. The number of rotatable bonds is 5. The second-order valence-corrected chi connectivity index (χ2v) is 4.87. The SMILES string of the molecule is CCN(Cc1ccccn1)c1ccc(C(C)N)c(O)c1. The Labute approximate surface area is 119 Å². The van der Waals surface area contributed by atoms with E-state index < -0.39 is 0 Å². The summed E-state index contributed by atoms with van der Waals surface area (Å²) in [5.74, 6) is 0.247. The van der Waals surface area contributed by atoms with Gasteiger partial charge in [0.25, 0.3) is 0 Å². The number of pyridine rings is 1. The molecule has 106 valence electrons. The third-order valence-electron chi connectivity index (χ3n) is 3.33. The maximum atomic E-state index is 10.0. The molecule has 0 saturated heterocycles. The normalized spacial score (nSPS) is 12.2. The first-order chi connectivity index (χ1) is 9.61. The van der Waals surface area contributed by atoms with Crippen LogP contribution in [0.25, 0.3) is 0 Å². The van der Waals surface area contributed by atoms with Crippen molar-refractivity contribution in [3.8, 4) is 5.75 Å². The van der Waals surface area contributed by atoms with E-state index in [9.17, 15) is 5.11 Å². The number of benzene rings is 1. The maximum absolute atomic E-state index is 10.0. The van der Waals surface area contributed by atoms with E-state index in [2.05, 4.69) is 16.8 Å². The van der Waals surface area contributed by atoms with E-state index in [1.54, 1.807) is 12.3 Å². The predicted octanol–water partition coefficient (Wildman–Crippen LogP) is 2.83. The molecule has 1 unspecified atom stereocenters. The Hall–Kier alpha value is -2.07. The van der Waals surface area contributed by atoms with Gasteiger partial charge in [-0.25, -0.2) is 0 Å².